The maximum Gasteiger partial charge on any atom is 0.306 e. The third-order valence-electron chi connectivity index (χ3n) is 4.50. The topological polar surface area (TPSA) is 118 Å². The number of nitriles is 1. The van der Waals surface area contributed by atoms with E-state index in [1.165, 1.54) is 25.3 Å². The third-order valence-corrected chi connectivity index (χ3v) is 4.79. The Labute approximate surface area is 177 Å². The fourth-order valence-corrected chi connectivity index (χ4v) is 3.21. The van der Waals surface area contributed by atoms with Crippen LogP contribution in [0.15, 0.2) is 36.4 Å². The lowest BCUT2D eigenvalue weighted by atomic mass is 10.1. The highest BCUT2D eigenvalue weighted by Gasteiger charge is 2.30. The minimum Gasteiger partial charge on any atom is -0.495 e. The van der Waals surface area contributed by atoms with Crippen molar-refractivity contribution in [3.63, 3.8) is 0 Å². The Hall–Kier alpha value is -3.57. The molecule has 8 nitrogen and oxygen atoms in total. The van der Waals surface area contributed by atoms with Crippen molar-refractivity contribution in [2.75, 3.05) is 12.4 Å². The molecule has 1 fully saturated rings. The lowest BCUT2D eigenvalue weighted by molar-refractivity contribution is -0.146. The second-order valence-electron chi connectivity index (χ2n) is 6.53. The van der Waals surface area contributed by atoms with Crippen LogP contribution in [0.2, 0.25) is 5.02 Å². The molecule has 1 heterocycles. The minimum absolute atomic E-state index is 0.117. The quantitative estimate of drug-likeness (QED) is 0.684. The molecule has 30 heavy (non-hydrogen) atoms. The molecule has 1 atom stereocenters. The van der Waals surface area contributed by atoms with Crippen LogP contribution < -0.4 is 15.4 Å². The number of ether oxygens (including phenoxy) is 2. The zero-order valence-electron chi connectivity index (χ0n) is 16.0. The molecule has 0 bridgehead atoms. The number of nitrogens with one attached hydrogen (secondary N) is 2. The van der Waals surface area contributed by atoms with E-state index in [2.05, 4.69) is 10.6 Å². The van der Waals surface area contributed by atoms with Crippen LogP contribution in [0.3, 0.4) is 0 Å². The largest absolute Gasteiger partial charge is 0.495 e. The summed E-state index contributed by atoms with van der Waals surface area (Å²) < 4.78 is 10.0. The number of anilines is 1. The van der Waals surface area contributed by atoms with Gasteiger partial charge in [0, 0.05) is 19.4 Å². The van der Waals surface area contributed by atoms with E-state index in [-0.39, 0.29) is 36.2 Å². The molecular formula is C21H18ClN3O5. The molecule has 0 aliphatic carbocycles. The third kappa shape index (κ3) is 4.88. The maximum atomic E-state index is 12.8. The molecule has 154 valence electrons. The lowest BCUT2D eigenvalue weighted by Gasteiger charge is -2.14. The molecule has 0 spiro atoms. The van der Waals surface area contributed by atoms with Gasteiger partial charge in [0.25, 0.3) is 11.8 Å². The summed E-state index contributed by atoms with van der Waals surface area (Å²) in [6.45, 7) is 0.174. The first-order valence-electron chi connectivity index (χ1n) is 9.06. The van der Waals surface area contributed by atoms with E-state index in [9.17, 15) is 14.4 Å². The van der Waals surface area contributed by atoms with Crippen LogP contribution in [0.4, 0.5) is 5.69 Å². The monoisotopic (exact) mass is 427 g/mol. The maximum absolute atomic E-state index is 12.8. The summed E-state index contributed by atoms with van der Waals surface area (Å²) in [6, 6.07) is 11.4. The van der Waals surface area contributed by atoms with E-state index in [1.807, 2.05) is 6.07 Å². The molecular weight excluding hydrogens is 410 g/mol. The normalized spacial score (nSPS) is 15.1. The minimum atomic E-state index is -0.898. The van der Waals surface area contributed by atoms with Crippen molar-refractivity contribution < 1.29 is 23.9 Å². The van der Waals surface area contributed by atoms with Gasteiger partial charge in [-0.2, -0.15) is 5.26 Å². The predicted molar refractivity (Wildman–Crippen MR) is 108 cm³/mol. The lowest BCUT2D eigenvalue weighted by Crippen LogP contribution is -2.30. The summed E-state index contributed by atoms with van der Waals surface area (Å²) in [5.74, 6) is -0.934. The molecule has 0 saturated carbocycles. The highest BCUT2D eigenvalue weighted by atomic mass is 35.5. The van der Waals surface area contributed by atoms with Gasteiger partial charge in [-0.3, -0.25) is 14.4 Å². The first kappa shape index (κ1) is 21.1. The first-order chi connectivity index (χ1) is 14.4. The van der Waals surface area contributed by atoms with Crippen molar-refractivity contribution >= 4 is 35.1 Å². The summed E-state index contributed by atoms with van der Waals surface area (Å²) in [7, 11) is 1.51. The van der Waals surface area contributed by atoms with Crippen molar-refractivity contribution in [3.05, 3.63) is 58.1 Å². The van der Waals surface area contributed by atoms with Gasteiger partial charge in [-0.05, 0) is 35.9 Å². The standard InChI is InChI=1S/C21H18ClN3O5/c1-29-17-5-3-13(9-15(17)22)11-24-20(27)14-8-12(10-23)2-4-16(14)25-21(28)18-6-7-19(26)30-18/h2-5,8-9,18H,6-7,11H2,1H3,(H,24,27)(H,25,28). The second-order valence-corrected chi connectivity index (χ2v) is 6.94. The van der Waals surface area contributed by atoms with Crippen molar-refractivity contribution in [3.8, 4) is 11.8 Å². The predicted octanol–water partition coefficient (Wildman–Crippen LogP) is 2.79. The van der Waals surface area contributed by atoms with Gasteiger partial charge in [0.05, 0.1) is 35.0 Å². The number of rotatable bonds is 6. The molecule has 2 N–H and O–H groups in total. The number of halogens is 1. The van der Waals surface area contributed by atoms with Gasteiger partial charge in [-0.25, -0.2) is 0 Å². The summed E-state index contributed by atoms with van der Waals surface area (Å²) in [5, 5.41) is 14.9. The Kier molecular flexibility index (Phi) is 6.54. The molecule has 1 aliphatic rings. The van der Waals surface area contributed by atoms with Crippen LogP contribution in [0.5, 0.6) is 5.75 Å². The van der Waals surface area contributed by atoms with Gasteiger partial charge >= 0.3 is 5.97 Å². The van der Waals surface area contributed by atoms with E-state index < -0.39 is 23.9 Å². The van der Waals surface area contributed by atoms with Gasteiger partial charge < -0.3 is 20.1 Å². The number of methoxy groups -OCH3 is 1. The molecule has 2 aromatic rings. The van der Waals surface area contributed by atoms with Gasteiger partial charge in [0.2, 0.25) is 0 Å². The molecule has 1 aliphatic heterocycles. The van der Waals surface area contributed by atoms with Crippen LogP contribution in [-0.2, 0) is 20.9 Å². The van der Waals surface area contributed by atoms with Gasteiger partial charge in [-0.15, -0.1) is 0 Å². The zero-order valence-corrected chi connectivity index (χ0v) is 16.8. The smallest absolute Gasteiger partial charge is 0.306 e. The van der Waals surface area contributed by atoms with Gasteiger partial charge in [0.1, 0.15) is 5.75 Å². The molecule has 2 aromatic carbocycles. The number of hydrogen-bond donors (Lipinski definition) is 2. The Morgan fingerprint density at radius 1 is 1.30 bits per heavy atom. The number of esters is 1. The van der Waals surface area contributed by atoms with Crippen molar-refractivity contribution in [2.45, 2.75) is 25.5 Å². The number of carbonyl (C=O) groups excluding carboxylic acids is 3. The summed E-state index contributed by atoms with van der Waals surface area (Å²) in [4.78, 5) is 36.3. The number of amides is 2. The van der Waals surface area contributed by atoms with Crippen LogP contribution in [0, 0.1) is 11.3 Å². The number of carbonyl (C=O) groups is 3. The Bertz CT molecular complexity index is 1050. The second kappa shape index (κ2) is 9.29. The fourth-order valence-electron chi connectivity index (χ4n) is 2.93. The molecule has 1 unspecified atom stereocenters. The highest BCUT2D eigenvalue weighted by Crippen LogP contribution is 2.25. The van der Waals surface area contributed by atoms with Crippen LogP contribution in [-0.4, -0.2) is 31.0 Å². The molecule has 0 aromatic heterocycles. The van der Waals surface area contributed by atoms with E-state index in [0.29, 0.717) is 10.8 Å². The number of cyclic esters (lactones) is 1. The first-order valence-corrected chi connectivity index (χ1v) is 9.44. The van der Waals surface area contributed by atoms with Gasteiger partial charge in [-0.1, -0.05) is 17.7 Å². The van der Waals surface area contributed by atoms with Crippen LogP contribution in [0.1, 0.15) is 34.3 Å². The fraction of sp³-hybridized carbons (Fsp3) is 0.238. The summed E-state index contributed by atoms with van der Waals surface area (Å²) >= 11 is 6.10. The van der Waals surface area contributed by atoms with E-state index in [1.54, 1.807) is 18.2 Å². The van der Waals surface area contributed by atoms with E-state index in [4.69, 9.17) is 26.3 Å². The SMILES string of the molecule is COc1ccc(CNC(=O)c2cc(C#N)ccc2NC(=O)C2CCC(=O)O2)cc1Cl. The van der Waals surface area contributed by atoms with Gasteiger partial charge in [0.15, 0.2) is 6.10 Å². The molecule has 1 saturated heterocycles. The van der Waals surface area contributed by atoms with Crippen molar-refractivity contribution in [1.29, 1.82) is 5.26 Å². The Balaban J connectivity index is 1.75. The average molecular weight is 428 g/mol. The van der Waals surface area contributed by atoms with E-state index in [0.717, 1.165) is 5.56 Å². The number of benzene rings is 2. The Morgan fingerprint density at radius 3 is 2.73 bits per heavy atom. The van der Waals surface area contributed by atoms with E-state index >= 15 is 0 Å². The average Bonchev–Trinajstić information content (AvgIpc) is 3.19. The highest BCUT2D eigenvalue weighted by molar-refractivity contribution is 6.32. The Morgan fingerprint density at radius 2 is 2.10 bits per heavy atom. The molecule has 0 radical (unpaired) electrons. The van der Waals surface area contributed by atoms with Crippen LogP contribution >= 0.6 is 11.6 Å². The molecule has 3 rings (SSSR count). The van der Waals surface area contributed by atoms with Crippen molar-refractivity contribution in [1.82, 2.24) is 5.32 Å². The number of hydrogen-bond acceptors (Lipinski definition) is 6. The molecule has 9 heteroatoms. The van der Waals surface area contributed by atoms with Crippen LogP contribution in [0.25, 0.3) is 0 Å². The summed E-state index contributed by atoms with van der Waals surface area (Å²) in [5.41, 5.74) is 1.34. The van der Waals surface area contributed by atoms with Crippen molar-refractivity contribution in [2.24, 2.45) is 0 Å². The summed E-state index contributed by atoms with van der Waals surface area (Å²) in [6.07, 6.45) is -0.449. The molecule has 2 amide bonds. The zero-order chi connectivity index (χ0) is 21.7. The number of nitrogens with zero attached hydrogens (tertiary/aromatic N) is 1.